The van der Waals surface area contributed by atoms with Crippen LogP contribution in [0.15, 0.2) is 11.6 Å². The predicted molar refractivity (Wildman–Crippen MR) is 118 cm³/mol. The molecule has 0 aromatic heterocycles. The van der Waals surface area contributed by atoms with E-state index in [-0.39, 0.29) is 57.0 Å². The molecule has 1 aliphatic heterocycles. The van der Waals surface area contributed by atoms with Gasteiger partial charge in [0.05, 0.1) is 6.61 Å². The molecule has 0 aromatic carbocycles. The van der Waals surface area contributed by atoms with E-state index in [4.69, 9.17) is 4.74 Å². The van der Waals surface area contributed by atoms with E-state index >= 15 is 0 Å². The number of aliphatic hydroxyl groups is 1. The van der Waals surface area contributed by atoms with Crippen molar-refractivity contribution in [2.75, 3.05) is 6.61 Å². The SMILES string of the molecule is CC(=O)SC1CC2=CC(=O)CC[C@]2(CO)C2CC[C@@]3(C)C(C(C)C[C@@]34CCC(=O)O4)C12. The van der Waals surface area contributed by atoms with Crippen molar-refractivity contribution in [2.24, 2.45) is 34.5 Å². The molecule has 5 rings (SSSR count). The van der Waals surface area contributed by atoms with Gasteiger partial charge in [0, 0.05) is 35.8 Å². The average Bonchev–Trinajstić information content (AvgIpc) is 3.18. The van der Waals surface area contributed by atoms with E-state index in [1.165, 1.54) is 11.8 Å². The number of hydrogen-bond acceptors (Lipinski definition) is 6. The second kappa shape index (κ2) is 7.18. The lowest BCUT2D eigenvalue weighted by Crippen LogP contribution is -2.59. The molecule has 4 aliphatic carbocycles. The van der Waals surface area contributed by atoms with Crippen LogP contribution in [0.3, 0.4) is 0 Å². The molecular formula is C25H34O5S. The standard InChI is InChI=1S/C25H34O5S/c1-14-12-25(9-6-20(29)30-25)23(3)7-5-18-21(22(14)23)19(31-15(2)27)11-16-10-17(28)4-8-24(16,18)13-26/h10,14,18-19,21-22,26H,4-9,11-13H2,1-3H3/t14?,18?,19?,21?,22?,23-,24+,25-/m0/s1. The maximum Gasteiger partial charge on any atom is 0.306 e. The summed E-state index contributed by atoms with van der Waals surface area (Å²) in [5, 5.41) is 10.9. The lowest BCUT2D eigenvalue weighted by Gasteiger charge is -2.61. The first-order valence-corrected chi connectivity index (χ1v) is 12.8. The van der Waals surface area contributed by atoms with Crippen LogP contribution in [0.2, 0.25) is 0 Å². The van der Waals surface area contributed by atoms with Crippen LogP contribution in [0.4, 0.5) is 0 Å². The average molecular weight is 447 g/mol. The summed E-state index contributed by atoms with van der Waals surface area (Å²) in [6.07, 6.45) is 7.82. The first kappa shape index (κ1) is 21.7. The van der Waals surface area contributed by atoms with Gasteiger partial charge in [0.2, 0.25) is 0 Å². The Bertz CT molecular complexity index is 866. The molecule has 5 aliphatic rings. The third-order valence-electron chi connectivity index (χ3n) is 9.89. The van der Waals surface area contributed by atoms with E-state index in [9.17, 15) is 19.5 Å². The number of rotatable bonds is 2. The molecule has 0 aromatic rings. The van der Waals surface area contributed by atoms with E-state index in [1.54, 1.807) is 13.0 Å². The first-order valence-electron chi connectivity index (χ1n) is 11.9. The number of thioether (sulfide) groups is 1. The van der Waals surface area contributed by atoms with Crippen molar-refractivity contribution in [3.05, 3.63) is 11.6 Å². The molecule has 1 spiro atoms. The van der Waals surface area contributed by atoms with Gasteiger partial charge in [0.25, 0.3) is 0 Å². The quantitative estimate of drug-likeness (QED) is 0.644. The van der Waals surface area contributed by atoms with Crippen LogP contribution in [0.1, 0.15) is 72.1 Å². The molecule has 5 nitrogen and oxygen atoms in total. The molecule has 3 saturated carbocycles. The first-order chi connectivity index (χ1) is 14.7. The van der Waals surface area contributed by atoms with E-state index in [0.29, 0.717) is 37.5 Å². The van der Waals surface area contributed by atoms with Crippen molar-refractivity contribution in [3.8, 4) is 0 Å². The molecule has 1 saturated heterocycles. The highest BCUT2D eigenvalue weighted by Gasteiger charge is 2.70. The van der Waals surface area contributed by atoms with Crippen molar-refractivity contribution < 1.29 is 24.2 Å². The number of ether oxygens (including phenoxy) is 1. The van der Waals surface area contributed by atoms with E-state index < -0.39 is 0 Å². The maximum atomic E-state index is 12.3. The van der Waals surface area contributed by atoms with Crippen LogP contribution >= 0.6 is 11.8 Å². The normalized spacial score (nSPS) is 48.6. The van der Waals surface area contributed by atoms with Gasteiger partial charge < -0.3 is 9.84 Å². The van der Waals surface area contributed by atoms with Gasteiger partial charge in [-0.1, -0.05) is 31.2 Å². The molecule has 0 bridgehead atoms. The Balaban J connectivity index is 1.61. The Morgan fingerprint density at radius 3 is 2.68 bits per heavy atom. The largest absolute Gasteiger partial charge is 0.458 e. The summed E-state index contributed by atoms with van der Waals surface area (Å²) in [6, 6.07) is 0. The Labute approximate surface area is 188 Å². The number of aliphatic hydroxyl groups excluding tert-OH is 1. The van der Waals surface area contributed by atoms with Gasteiger partial charge >= 0.3 is 5.97 Å². The molecule has 6 heteroatoms. The fourth-order valence-corrected chi connectivity index (χ4v) is 10.0. The molecule has 0 radical (unpaired) electrons. The summed E-state index contributed by atoms with van der Waals surface area (Å²) in [7, 11) is 0. The van der Waals surface area contributed by atoms with Crippen molar-refractivity contribution in [3.63, 3.8) is 0 Å². The highest BCUT2D eigenvalue weighted by atomic mass is 32.2. The number of hydrogen-bond donors (Lipinski definition) is 1. The fraction of sp³-hybridized carbons (Fsp3) is 0.800. The minimum absolute atomic E-state index is 0.0719. The van der Waals surface area contributed by atoms with E-state index in [1.807, 2.05) is 0 Å². The lowest BCUT2D eigenvalue weighted by atomic mass is 9.45. The van der Waals surface area contributed by atoms with Gasteiger partial charge in [0.15, 0.2) is 10.9 Å². The third-order valence-corrected chi connectivity index (χ3v) is 11.0. The molecule has 8 atom stereocenters. The fourth-order valence-electron chi connectivity index (χ4n) is 8.80. The summed E-state index contributed by atoms with van der Waals surface area (Å²) in [5.74, 6) is 1.35. The molecule has 1 N–H and O–H groups in total. The zero-order valence-electron chi connectivity index (χ0n) is 18.8. The van der Waals surface area contributed by atoms with Gasteiger partial charge in [-0.05, 0) is 68.3 Å². The zero-order chi connectivity index (χ0) is 22.2. The summed E-state index contributed by atoms with van der Waals surface area (Å²) in [4.78, 5) is 36.7. The minimum Gasteiger partial charge on any atom is -0.458 e. The third kappa shape index (κ3) is 2.89. The van der Waals surface area contributed by atoms with E-state index in [2.05, 4.69) is 13.8 Å². The Hall–Kier alpha value is -1.14. The van der Waals surface area contributed by atoms with Gasteiger partial charge in [-0.3, -0.25) is 14.4 Å². The van der Waals surface area contributed by atoms with Crippen LogP contribution in [0, 0.1) is 34.5 Å². The van der Waals surface area contributed by atoms with Crippen LogP contribution in [0.5, 0.6) is 0 Å². The van der Waals surface area contributed by atoms with Crippen LogP contribution in [-0.2, 0) is 19.1 Å². The second-order valence-corrected chi connectivity index (χ2v) is 12.5. The van der Waals surface area contributed by atoms with Gasteiger partial charge in [-0.2, -0.15) is 0 Å². The Morgan fingerprint density at radius 2 is 2.03 bits per heavy atom. The Kier molecular flexibility index (Phi) is 5.02. The summed E-state index contributed by atoms with van der Waals surface area (Å²) >= 11 is 1.43. The van der Waals surface area contributed by atoms with Crippen molar-refractivity contribution in [1.82, 2.24) is 0 Å². The van der Waals surface area contributed by atoms with Gasteiger partial charge in [0.1, 0.15) is 5.60 Å². The van der Waals surface area contributed by atoms with Crippen molar-refractivity contribution in [1.29, 1.82) is 0 Å². The van der Waals surface area contributed by atoms with Gasteiger partial charge in [-0.25, -0.2) is 0 Å². The molecular weight excluding hydrogens is 412 g/mol. The number of ketones is 1. The second-order valence-electron chi connectivity index (χ2n) is 11.1. The predicted octanol–water partition coefficient (Wildman–Crippen LogP) is 4.07. The summed E-state index contributed by atoms with van der Waals surface area (Å²) < 4.78 is 6.10. The van der Waals surface area contributed by atoms with Crippen molar-refractivity contribution in [2.45, 2.75) is 83.0 Å². The zero-order valence-corrected chi connectivity index (χ0v) is 19.6. The maximum absolute atomic E-state index is 12.3. The van der Waals surface area contributed by atoms with Gasteiger partial charge in [-0.15, -0.1) is 0 Å². The molecule has 5 unspecified atom stereocenters. The highest BCUT2D eigenvalue weighted by molar-refractivity contribution is 8.14. The number of esters is 1. The van der Waals surface area contributed by atoms with Crippen LogP contribution in [-0.4, -0.2) is 39.4 Å². The van der Waals surface area contributed by atoms with E-state index in [0.717, 1.165) is 31.3 Å². The lowest BCUT2D eigenvalue weighted by molar-refractivity contribution is -0.169. The summed E-state index contributed by atoms with van der Waals surface area (Å²) in [5.41, 5.74) is 0.255. The summed E-state index contributed by atoms with van der Waals surface area (Å²) in [6.45, 7) is 6.33. The molecule has 4 fully saturated rings. The van der Waals surface area contributed by atoms with Crippen molar-refractivity contribution >= 4 is 28.6 Å². The smallest absolute Gasteiger partial charge is 0.306 e. The monoisotopic (exact) mass is 446 g/mol. The minimum atomic E-state index is -0.379. The molecule has 1 heterocycles. The highest BCUT2D eigenvalue weighted by Crippen LogP contribution is 2.72. The number of fused-ring (bicyclic) bond motifs is 6. The molecule has 170 valence electrons. The molecule has 0 amide bonds. The van der Waals surface area contributed by atoms with Crippen LogP contribution in [0.25, 0.3) is 0 Å². The molecule has 31 heavy (non-hydrogen) atoms. The number of carbonyl (C=O) groups excluding carboxylic acids is 3. The Morgan fingerprint density at radius 1 is 1.26 bits per heavy atom. The topological polar surface area (TPSA) is 80.7 Å². The van der Waals surface area contributed by atoms with Crippen LogP contribution < -0.4 is 0 Å². The number of carbonyl (C=O) groups is 3.